The van der Waals surface area contributed by atoms with Crippen molar-refractivity contribution in [3.8, 4) is 0 Å². The van der Waals surface area contributed by atoms with Crippen molar-refractivity contribution in [2.24, 2.45) is 5.41 Å². The third kappa shape index (κ3) is 3.14. The molecule has 0 radical (unpaired) electrons. The first kappa shape index (κ1) is 15.0. The number of hydrogen-bond donors (Lipinski definition) is 2. The average molecular weight is 301 g/mol. The number of Topliss-reactive ketones (excluding diaryl/α,β-unsaturated/α-hetero) is 1. The molecule has 2 amide bonds. The predicted octanol–water partition coefficient (Wildman–Crippen LogP) is 2.50. The highest BCUT2D eigenvalue weighted by molar-refractivity contribution is 5.96. The molecule has 2 aliphatic rings. The first-order valence-corrected chi connectivity index (χ1v) is 7.96. The summed E-state index contributed by atoms with van der Waals surface area (Å²) in [5.41, 5.74) is 1.56. The molecular formula is C17H23N3O2. The van der Waals surface area contributed by atoms with Crippen LogP contribution < -0.4 is 10.6 Å². The molecule has 5 nitrogen and oxygen atoms in total. The van der Waals surface area contributed by atoms with Crippen molar-refractivity contribution < 1.29 is 9.59 Å². The minimum atomic E-state index is -0.0665. The Bertz CT molecular complexity index is 579. The van der Waals surface area contributed by atoms with Crippen molar-refractivity contribution in [3.63, 3.8) is 0 Å². The molecule has 0 aromatic heterocycles. The molecule has 0 aliphatic carbocycles. The van der Waals surface area contributed by atoms with Crippen LogP contribution in [0.5, 0.6) is 0 Å². The summed E-state index contributed by atoms with van der Waals surface area (Å²) >= 11 is 0. The van der Waals surface area contributed by atoms with Crippen molar-refractivity contribution in [1.82, 2.24) is 10.2 Å². The monoisotopic (exact) mass is 301 g/mol. The number of anilines is 1. The van der Waals surface area contributed by atoms with Crippen LogP contribution in [0.3, 0.4) is 0 Å². The molecule has 5 heteroatoms. The van der Waals surface area contributed by atoms with Gasteiger partial charge in [-0.25, -0.2) is 4.79 Å². The largest absolute Gasteiger partial charge is 0.324 e. The van der Waals surface area contributed by atoms with Gasteiger partial charge in [0.05, 0.1) is 0 Å². The molecule has 3 rings (SSSR count). The van der Waals surface area contributed by atoms with E-state index in [-0.39, 0.29) is 17.2 Å². The zero-order valence-corrected chi connectivity index (χ0v) is 13.0. The molecular weight excluding hydrogens is 278 g/mol. The van der Waals surface area contributed by atoms with Crippen LogP contribution in [0.4, 0.5) is 10.5 Å². The number of carbonyl (C=O) groups excluding carboxylic acids is 2. The highest BCUT2D eigenvalue weighted by Crippen LogP contribution is 2.36. The fourth-order valence-electron chi connectivity index (χ4n) is 3.51. The van der Waals surface area contributed by atoms with E-state index < -0.39 is 0 Å². The maximum Gasteiger partial charge on any atom is 0.321 e. The Balaban J connectivity index is 1.63. The topological polar surface area (TPSA) is 61.4 Å². The summed E-state index contributed by atoms with van der Waals surface area (Å²) in [4.78, 5) is 25.7. The molecule has 2 heterocycles. The Labute approximate surface area is 131 Å². The van der Waals surface area contributed by atoms with Gasteiger partial charge < -0.3 is 15.5 Å². The van der Waals surface area contributed by atoms with Gasteiger partial charge in [-0.15, -0.1) is 0 Å². The number of amides is 2. The van der Waals surface area contributed by atoms with Crippen LogP contribution in [0.1, 0.15) is 36.5 Å². The highest BCUT2D eigenvalue weighted by Gasteiger charge is 2.40. The van der Waals surface area contributed by atoms with Crippen molar-refractivity contribution in [1.29, 1.82) is 0 Å². The lowest BCUT2D eigenvalue weighted by Crippen LogP contribution is -2.43. The van der Waals surface area contributed by atoms with Crippen LogP contribution in [0.2, 0.25) is 0 Å². The third-order valence-electron chi connectivity index (χ3n) is 4.81. The van der Waals surface area contributed by atoms with Crippen molar-refractivity contribution in [2.45, 2.75) is 26.2 Å². The first-order chi connectivity index (χ1) is 10.6. The van der Waals surface area contributed by atoms with Gasteiger partial charge in [-0.1, -0.05) is 12.1 Å². The molecule has 1 aromatic carbocycles. The average Bonchev–Trinajstić information content (AvgIpc) is 2.92. The summed E-state index contributed by atoms with van der Waals surface area (Å²) in [6, 6.07) is 7.04. The number of ketones is 1. The molecule has 1 atom stereocenters. The normalized spacial score (nSPS) is 24.5. The maximum atomic E-state index is 12.4. The molecule has 22 heavy (non-hydrogen) atoms. The molecule has 2 saturated heterocycles. The quantitative estimate of drug-likeness (QED) is 0.825. The summed E-state index contributed by atoms with van der Waals surface area (Å²) in [6.45, 7) is 5.25. The molecule has 118 valence electrons. The summed E-state index contributed by atoms with van der Waals surface area (Å²) in [5, 5.41) is 6.37. The highest BCUT2D eigenvalue weighted by atomic mass is 16.2. The van der Waals surface area contributed by atoms with E-state index in [4.69, 9.17) is 0 Å². The standard InChI is InChI=1S/C17H23N3O2/c1-13(21)14-4-2-5-15(10-14)19-16(22)20-9-7-17(12-20)6-3-8-18-11-17/h2,4-5,10,18H,3,6-9,11-12H2,1H3,(H,19,22)/t17-/m1/s1. The molecule has 2 aliphatic heterocycles. The summed E-state index contributed by atoms with van der Waals surface area (Å²) in [7, 11) is 0. The van der Waals surface area contributed by atoms with Gasteiger partial charge in [0.25, 0.3) is 0 Å². The van der Waals surface area contributed by atoms with Crippen molar-refractivity contribution >= 4 is 17.5 Å². The fraction of sp³-hybridized carbons (Fsp3) is 0.529. The third-order valence-corrected chi connectivity index (χ3v) is 4.81. The number of nitrogens with one attached hydrogen (secondary N) is 2. The second-order valence-electron chi connectivity index (χ2n) is 6.52. The number of nitrogens with zero attached hydrogens (tertiary/aromatic N) is 1. The molecule has 2 N–H and O–H groups in total. The number of hydrogen-bond acceptors (Lipinski definition) is 3. The Morgan fingerprint density at radius 3 is 2.91 bits per heavy atom. The Kier molecular flexibility index (Phi) is 4.16. The SMILES string of the molecule is CC(=O)c1cccc(NC(=O)N2CC[C@@]3(CCCNC3)C2)c1. The van der Waals surface area contributed by atoms with Gasteiger partial charge in [0, 0.05) is 36.3 Å². The Morgan fingerprint density at radius 1 is 1.32 bits per heavy atom. The minimum absolute atomic E-state index is 0.00417. The molecule has 2 fully saturated rings. The van der Waals surface area contributed by atoms with Crippen LogP contribution in [-0.4, -0.2) is 42.9 Å². The molecule has 0 bridgehead atoms. The minimum Gasteiger partial charge on any atom is -0.324 e. The van der Waals surface area contributed by atoms with Crippen LogP contribution in [-0.2, 0) is 0 Å². The van der Waals surface area contributed by atoms with Gasteiger partial charge in [-0.3, -0.25) is 4.79 Å². The van der Waals surface area contributed by atoms with Gasteiger partial charge in [-0.05, 0) is 44.9 Å². The lowest BCUT2D eigenvalue weighted by atomic mass is 9.80. The lowest BCUT2D eigenvalue weighted by Gasteiger charge is -2.33. The number of piperidine rings is 1. The number of benzene rings is 1. The van der Waals surface area contributed by atoms with E-state index in [1.54, 1.807) is 18.2 Å². The van der Waals surface area contributed by atoms with Crippen molar-refractivity contribution in [3.05, 3.63) is 29.8 Å². The predicted molar refractivity (Wildman–Crippen MR) is 86.2 cm³/mol. The van der Waals surface area contributed by atoms with E-state index in [9.17, 15) is 9.59 Å². The zero-order chi connectivity index (χ0) is 15.6. The van der Waals surface area contributed by atoms with E-state index in [0.29, 0.717) is 11.3 Å². The molecule has 0 unspecified atom stereocenters. The number of likely N-dealkylation sites (tertiary alicyclic amines) is 1. The number of urea groups is 1. The smallest absolute Gasteiger partial charge is 0.321 e. The Hall–Kier alpha value is -1.88. The van der Waals surface area contributed by atoms with Gasteiger partial charge in [0.2, 0.25) is 0 Å². The second-order valence-corrected chi connectivity index (χ2v) is 6.52. The lowest BCUT2D eigenvalue weighted by molar-refractivity contribution is 0.101. The van der Waals surface area contributed by atoms with Gasteiger partial charge >= 0.3 is 6.03 Å². The van der Waals surface area contributed by atoms with Crippen LogP contribution in [0, 0.1) is 5.41 Å². The number of carbonyl (C=O) groups is 2. The summed E-state index contributed by atoms with van der Waals surface area (Å²) in [6.07, 6.45) is 3.46. The second kappa shape index (κ2) is 6.08. The molecule has 0 saturated carbocycles. The van der Waals surface area contributed by atoms with Gasteiger partial charge in [-0.2, -0.15) is 0 Å². The van der Waals surface area contributed by atoms with E-state index in [2.05, 4.69) is 10.6 Å². The first-order valence-electron chi connectivity index (χ1n) is 7.96. The van der Waals surface area contributed by atoms with E-state index in [1.807, 2.05) is 11.0 Å². The number of rotatable bonds is 2. The molecule has 1 spiro atoms. The van der Waals surface area contributed by atoms with Crippen LogP contribution in [0.15, 0.2) is 24.3 Å². The maximum absolute atomic E-state index is 12.4. The van der Waals surface area contributed by atoms with Crippen LogP contribution >= 0.6 is 0 Å². The van der Waals surface area contributed by atoms with E-state index in [0.717, 1.165) is 32.6 Å². The summed E-state index contributed by atoms with van der Waals surface area (Å²) < 4.78 is 0. The molecule has 1 aromatic rings. The van der Waals surface area contributed by atoms with E-state index >= 15 is 0 Å². The van der Waals surface area contributed by atoms with Crippen molar-refractivity contribution in [2.75, 3.05) is 31.5 Å². The Morgan fingerprint density at radius 2 is 2.18 bits per heavy atom. The van der Waals surface area contributed by atoms with Gasteiger partial charge in [0.15, 0.2) is 5.78 Å². The summed E-state index contributed by atoms with van der Waals surface area (Å²) in [5.74, 6) is 0.00417. The van der Waals surface area contributed by atoms with E-state index in [1.165, 1.54) is 19.8 Å². The van der Waals surface area contributed by atoms with Gasteiger partial charge in [0.1, 0.15) is 0 Å². The van der Waals surface area contributed by atoms with Crippen LogP contribution in [0.25, 0.3) is 0 Å². The zero-order valence-electron chi connectivity index (χ0n) is 13.0. The fourth-order valence-corrected chi connectivity index (χ4v) is 3.51.